The molecular formula is C18H20ClN3O3. The fraction of sp³-hybridized carbons (Fsp3) is 0.389. The zero-order valence-electron chi connectivity index (χ0n) is 14.2. The van der Waals surface area contributed by atoms with E-state index in [1.807, 2.05) is 31.2 Å². The molecule has 1 aromatic carbocycles. The third-order valence-corrected chi connectivity index (χ3v) is 4.37. The number of rotatable bonds is 6. The van der Waals surface area contributed by atoms with Gasteiger partial charge >= 0.3 is 0 Å². The van der Waals surface area contributed by atoms with Crippen LogP contribution in [-0.4, -0.2) is 24.4 Å². The van der Waals surface area contributed by atoms with Crippen molar-refractivity contribution in [1.29, 1.82) is 5.53 Å². The number of nitrogens with one attached hydrogen (secondary N) is 1. The van der Waals surface area contributed by atoms with Crippen LogP contribution < -0.4 is 0 Å². The standard InChI is InChI=1S/C18H20ClN3O3/c1-11-3-5-13(6-4-11)14-7-17(23)15(18(24)8-14)9-21-25-10-16(22-20)12(2)19/h3-6,9,14-15,20H,7-8,10H2,1-2H3/b16-12+,21-9+,22-20?. The van der Waals surface area contributed by atoms with E-state index in [1.165, 1.54) is 6.21 Å². The number of aryl methyl sites for hydroxylation is 1. The number of benzene rings is 1. The fourth-order valence-electron chi connectivity index (χ4n) is 2.64. The molecule has 1 aromatic rings. The number of carbonyl (C=O) groups excluding carboxylic acids is 2. The van der Waals surface area contributed by atoms with Gasteiger partial charge < -0.3 is 4.84 Å². The number of hydrogen-bond donors (Lipinski definition) is 1. The number of oxime groups is 1. The van der Waals surface area contributed by atoms with Crippen molar-refractivity contribution in [2.75, 3.05) is 6.61 Å². The molecule has 1 N–H and O–H groups in total. The van der Waals surface area contributed by atoms with E-state index >= 15 is 0 Å². The van der Waals surface area contributed by atoms with E-state index in [0.717, 1.165) is 11.1 Å². The highest BCUT2D eigenvalue weighted by Crippen LogP contribution is 2.31. The van der Waals surface area contributed by atoms with Gasteiger partial charge in [-0.15, -0.1) is 0 Å². The first-order valence-corrected chi connectivity index (χ1v) is 8.30. The number of hydrogen-bond acceptors (Lipinski definition) is 6. The first-order chi connectivity index (χ1) is 11.9. The first kappa shape index (κ1) is 19.0. The summed E-state index contributed by atoms with van der Waals surface area (Å²) in [4.78, 5) is 29.6. The molecule has 0 bridgehead atoms. The van der Waals surface area contributed by atoms with Crippen molar-refractivity contribution in [3.8, 4) is 0 Å². The summed E-state index contributed by atoms with van der Waals surface area (Å²) in [6.45, 7) is 3.49. The van der Waals surface area contributed by atoms with Crippen molar-refractivity contribution in [3.63, 3.8) is 0 Å². The number of carbonyl (C=O) groups is 2. The minimum atomic E-state index is -0.876. The molecule has 7 heteroatoms. The number of Topliss-reactive ketones (excluding diaryl/α,β-unsaturated/α-hetero) is 2. The van der Waals surface area contributed by atoms with Crippen LogP contribution in [0.2, 0.25) is 0 Å². The lowest BCUT2D eigenvalue weighted by molar-refractivity contribution is -0.133. The maximum atomic E-state index is 12.3. The molecule has 1 aliphatic rings. The Morgan fingerprint density at radius 3 is 2.40 bits per heavy atom. The Labute approximate surface area is 151 Å². The second kappa shape index (κ2) is 8.67. The number of halogens is 1. The van der Waals surface area contributed by atoms with Gasteiger partial charge in [0.25, 0.3) is 0 Å². The highest BCUT2D eigenvalue weighted by Gasteiger charge is 2.35. The van der Waals surface area contributed by atoms with Gasteiger partial charge in [-0.1, -0.05) is 46.6 Å². The van der Waals surface area contributed by atoms with Crippen molar-refractivity contribution >= 4 is 29.4 Å². The Kier molecular flexibility index (Phi) is 6.58. The molecule has 132 valence electrons. The topological polar surface area (TPSA) is 91.9 Å². The van der Waals surface area contributed by atoms with Crippen LogP contribution in [0.1, 0.15) is 36.8 Å². The maximum absolute atomic E-state index is 12.3. The summed E-state index contributed by atoms with van der Waals surface area (Å²) in [7, 11) is 0. The van der Waals surface area contributed by atoms with E-state index < -0.39 is 5.92 Å². The van der Waals surface area contributed by atoms with Gasteiger partial charge in [0, 0.05) is 17.9 Å². The van der Waals surface area contributed by atoms with Crippen LogP contribution in [0, 0.1) is 18.4 Å². The molecule has 1 aliphatic carbocycles. The van der Waals surface area contributed by atoms with Crippen LogP contribution in [-0.2, 0) is 14.4 Å². The van der Waals surface area contributed by atoms with Crippen LogP contribution in [0.25, 0.3) is 0 Å². The monoisotopic (exact) mass is 361 g/mol. The molecule has 0 amide bonds. The summed E-state index contributed by atoms with van der Waals surface area (Å²) >= 11 is 5.73. The van der Waals surface area contributed by atoms with Crippen molar-refractivity contribution < 1.29 is 14.4 Å². The summed E-state index contributed by atoms with van der Waals surface area (Å²) in [6.07, 6.45) is 1.83. The van der Waals surface area contributed by atoms with Gasteiger partial charge in [0.05, 0.1) is 6.21 Å². The predicted molar refractivity (Wildman–Crippen MR) is 94.8 cm³/mol. The number of nitrogens with zero attached hydrogens (tertiary/aromatic N) is 2. The van der Waals surface area contributed by atoms with Crippen molar-refractivity contribution in [2.24, 2.45) is 16.2 Å². The minimum Gasteiger partial charge on any atom is -0.389 e. The summed E-state index contributed by atoms with van der Waals surface area (Å²) in [5, 5.41) is 7.22. The molecule has 0 aromatic heterocycles. The molecule has 0 radical (unpaired) electrons. The second-order valence-corrected chi connectivity index (χ2v) is 6.61. The molecule has 0 spiro atoms. The molecule has 25 heavy (non-hydrogen) atoms. The molecule has 0 unspecified atom stereocenters. The summed E-state index contributed by atoms with van der Waals surface area (Å²) in [5.74, 6) is -1.28. The summed E-state index contributed by atoms with van der Waals surface area (Å²) < 4.78 is 0. The first-order valence-electron chi connectivity index (χ1n) is 7.92. The van der Waals surface area contributed by atoms with Crippen LogP contribution in [0.4, 0.5) is 0 Å². The Balaban J connectivity index is 1.96. The number of allylic oxidation sites excluding steroid dienone is 1. The minimum absolute atomic E-state index is 0.0817. The smallest absolute Gasteiger partial charge is 0.162 e. The van der Waals surface area contributed by atoms with E-state index in [1.54, 1.807) is 6.92 Å². The lowest BCUT2D eigenvalue weighted by Gasteiger charge is -2.24. The van der Waals surface area contributed by atoms with Crippen LogP contribution in [0.3, 0.4) is 0 Å². The van der Waals surface area contributed by atoms with Crippen molar-refractivity contribution in [2.45, 2.75) is 32.6 Å². The van der Waals surface area contributed by atoms with E-state index in [-0.39, 0.29) is 29.8 Å². The largest absolute Gasteiger partial charge is 0.389 e. The summed E-state index contributed by atoms with van der Waals surface area (Å²) in [6, 6.07) is 7.88. The zero-order valence-corrected chi connectivity index (χ0v) is 14.9. The van der Waals surface area contributed by atoms with Gasteiger partial charge in [0.15, 0.2) is 6.61 Å². The Bertz CT molecular complexity index is 704. The lowest BCUT2D eigenvalue weighted by atomic mass is 9.77. The molecule has 0 aliphatic heterocycles. The van der Waals surface area contributed by atoms with E-state index in [9.17, 15) is 9.59 Å². The summed E-state index contributed by atoms with van der Waals surface area (Å²) in [5.41, 5.74) is 9.32. The van der Waals surface area contributed by atoms with Gasteiger partial charge in [-0.05, 0) is 25.3 Å². The predicted octanol–water partition coefficient (Wildman–Crippen LogP) is 4.13. The van der Waals surface area contributed by atoms with Crippen LogP contribution >= 0.6 is 11.6 Å². The van der Waals surface area contributed by atoms with Crippen LogP contribution in [0.5, 0.6) is 0 Å². The highest BCUT2D eigenvalue weighted by molar-refractivity contribution is 6.29. The normalized spacial score (nSPS) is 22.0. The van der Waals surface area contributed by atoms with Gasteiger partial charge in [-0.3, -0.25) is 9.59 Å². The maximum Gasteiger partial charge on any atom is 0.162 e. The third-order valence-electron chi connectivity index (χ3n) is 4.16. The second-order valence-electron chi connectivity index (χ2n) is 6.05. The molecule has 6 nitrogen and oxygen atoms in total. The van der Waals surface area contributed by atoms with Gasteiger partial charge in [-0.25, -0.2) is 5.53 Å². The Morgan fingerprint density at radius 1 is 1.28 bits per heavy atom. The van der Waals surface area contributed by atoms with Crippen molar-refractivity contribution in [3.05, 3.63) is 46.1 Å². The Morgan fingerprint density at radius 2 is 1.88 bits per heavy atom. The molecule has 1 fully saturated rings. The average molecular weight is 362 g/mol. The molecule has 2 rings (SSSR count). The average Bonchev–Trinajstić information content (AvgIpc) is 2.57. The Hall–Kier alpha value is -2.34. The molecular weight excluding hydrogens is 342 g/mol. The SMILES string of the molecule is C/C(Cl)=C(/CO/N=C/C1C(=O)CC(c2ccc(C)cc2)CC1=O)N=N. The molecule has 0 saturated heterocycles. The molecule has 0 atom stereocenters. The van der Waals surface area contributed by atoms with Crippen LogP contribution in [0.15, 0.2) is 45.3 Å². The number of ketones is 2. The van der Waals surface area contributed by atoms with Crippen molar-refractivity contribution in [1.82, 2.24) is 0 Å². The van der Waals surface area contributed by atoms with E-state index in [4.69, 9.17) is 22.0 Å². The third kappa shape index (κ3) is 5.06. The van der Waals surface area contributed by atoms with E-state index in [0.29, 0.717) is 17.9 Å². The van der Waals surface area contributed by atoms with E-state index in [2.05, 4.69) is 10.3 Å². The van der Waals surface area contributed by atoms with Gasteiger partial charge in [-0.2, -0.15) is 5.11 Å². The molecule has 1 saturated carbocycles. The molecule has 0 heterocycles. The fourth-order valence-corrected chi connectivity index (χ4v) is 2.74. The lowest BCUT2D eigenvalue weighted by Crippen LogP contribution is -2.33. The van der Waals surface area contributed by atoms with Gasteiger partial charge in [0.2, 0.25) is 0 Å². The quantitative estimate of drug-likeness (QED) is 0.357. The highest BCUT2D eigenvalue weighted by atomic mass is 35.5. The zero-order chi connectivity index (χ0) is 18.4. The van der Waals surface area contributed by atoms with Gasteiger partial charge in [0.1, 0.15) is 23.2 Å².